The minimum atomic E-state index is -1.18. The third-order valence-electron chi connectivity index (χ3n) is 4.07. The van der Waals surface area contributed by atoms with Crippen LogP contribution in [0.3, 0.4) is 0 Å². The normalized spacial score (nSPS) is 10.3. The highest BCUT2D eigenvalue weighted by Gasteiger charge is 2.25. The first-order valence-corrected chi connectivity index (χ1v) is 9.42. The van der Waals surface area contributed by atoms with Gasteiger partial charge in [-0.2, -0.15) is 0 Å². The molecule has 0 radical (unpaired) electrons. The fourth-order valence-electron chi connectivity index (χ4n) is 2.67. The number of anilines is 1. The lowest BCUT2D eigenvalue weighted by atomic mass is 10.1. The first-order chi connectivity index (χ1) is 14.8. The number of nitro groups is 2. The average molecular weight is 439 g/mol. The first-order valence-electron chi connectivity index (χ1n) is 8.60. The lowest BCUT2D eigenvalue weighted by Crippen LogP contribution is -2.15. The van der Waals surface area contributed by atoms with Crippen LogP contribution in [-0.2, 0) is 0 Å². The molecule has 10 nitrogen and oxygen atoms in total. The highest BCUT2D eigenvalue weighted by atomic mass is 32.2. The smallest absolute Gasteiger partial charge is 0.335 e. The molecule has 3 rings (SSSR count). The van der Waals surface area contributed by atoms with Crippen molar-refractivity contribution in [2.75, 3.05) is 5.32 Å². The second kappa shape index (κ2) is 9.05. The Morgan fingerprint density at radius 3 is 2.19 bits per heavy atom. The van der Waals surface area contributed by atoms with Crippen LogP contribution in [0.15, 0.2) is 76.5 Å². The molecule has 0 heterocycles. The van der Waals surface area contributed by atoms with Crippen molar-refractivity contribution in [3.05, 3.63) is 98.1 Å². The maximum atomic E-state index is 12.9. The first kappa shape index (κ1) is 21.5. The minimum absolute atomic E-state index is 0.0548. The number of rotatable bonds is 7. The topological polar surface area (TPSA) is 153 Å². The fraction of sp³-hybridized carbons (Fsp3) is 0. The fourth-order valence-corrected chi connectivity index (χ4v) is 3.64. The van der Waals surface area contributed by atoms with Gasteiger partial charge in [0.05, 0.1) is 15.4 Å². The van der Waals surface area contributed by atoms with E-state index in [1.54, 1.807) is 0 Å². The number of aromatic carboxylic acids is 1. The molecular formula is C20H13N3O7S. The molecule has 0 unspecified atom stereocenters. The molecule has 0 fully saturated rings. The van der Waals surface area contributed by atoms with Gasteiger partial charge in [0.1, 0.15) is 5.56 Å². The summed E-state index contributed by atoms with van der Waals surface area (Å²) in [4.78, 5) is 45.9. The molecule has 0 aromatic heterocycles. The highest BCUT2D eigenvalue weighted by molar-refractivity contribution is 7.99. The van der Waals surface area contributed by atoms with Crippen LogP contribution >= 0.6 is 11.8 Å². The summed E-state index contributed by atoms with van der Waals surface area (Å²) < 4.78 is 0. The molecule has 0 aliphatic heterocycles. The summed E-state index contributed by atoms with van der Waals surface area (Å²) in [6.07, 6.45) is 0. The van der Waals surface area contributed by atoms with Crippen LogP contribution in [0.5, 0.6) is 0 Å². The van der Waals surface area contributed by atoms with E-state index in [2.05, 4.69) is 5.32 Å². The van der Waals surface area contributed by atoms with Gasteiger partial charge >= 0.3 is 5.97 Å². The van der Waals surface area contributed by atoms with E-state index in [9.17, 15) is 29.8 Å². The van der Waals surface area contributed by atoms with Gasteiger partial charge in [-0.3, -0.25) is 25.0 Å². The van der Waals surface area contributed by atoms with Gasteiger partial charge in [0.15, 0.2) is 0 Å². The Labute approximate surface area is 178 Å². The number of carboxylic acids is 1. The molecule has 0 atom stereocenters. The summed E-state index contributed by atoms with van der Waals surface area (Å²) in [5.41, 5.74) is -0.648. The van der Waals surface area contributed by atoms with Crippen LogP contribution in [0.25, 0.3) is 0 Å². The molecule has 31 heavy (non-hydrogen) atoms. The summed E-state index contributed by atoms with van der Waals surface area (Å²) >= 11 is 1.03. The van der Waals surface area contributed by atoms with E-state index < -0.39 is 27.4 Å². The number of hydrogen-bond acceptors (Lipinski definition) is 7. The van der Waals surface area contributed by atoms with Gasteiger partial charge in [-0.1, -0.05) is 23.9 Å². The molecule has 0 saturated carbocycles. The van der Waals surface area contributed by atoms with Gasteiger partial charge in [-0.05, 0) is 36.4 Å². The van der Waals surface area contributed by atoms with Gasteiger partial charge in [0.25, 0.3) is 17.3 Å². The number of amides is 1. The summed E-state index contributed by atoms with van der Waals surface area (Å²) in [7, 11) is 0. The Morgan fingerprint density at radius 1 is 0.903 bits per heavy atom. The monoisotopic (exact) mass is 439 g/mol. The van der Waals surface area contributed by atoms with Crippen LogP contribution in [0.2, 0.25) is 0 Å². The van der Waals surface area contributed by atoms with Gasteiger partial charge in [0, 0.05) is 33.7 Å². The second-order valence-electron chi connectivity index (χ2n) is 6.10. The average Bonchev–Trinajstić information content (AvgIpc) is 2.74. The SMILES string of the molecule is O=C(O)c1cccc(NC(=O)c2c(Sc3ccc([N+](=O)[O-])cc3)cccc2[N+](=O)[O-])c1. The van der Waals surface area contributed by atoms with E-state index in [1.807, 2.05) is 0 Å². The standard InChI is InChI=1S/C20H13N3O7S/c24-19(21-13-4-1-3-12(11-13)20(25)26)18-16(23(29)30)5-2-6-17(18)31-15-9-7-14(8-10-15)22(27)28/h1-11H,(H,21,24)(H,25,26). The molecule has 3 aromatic rings. The maximum absolute atomic E-state index is 12.9. The number of benzene rings is 3. The number of carboxylic acid groups (broad SMARTS) is 1. The molecule has 0 bridgehead atoms. The van der Waals surface area contributed by atoms with E-state index >= 15 is 0 Å². The van der Waals surface area contributed by atoms with Crippen molar-refractivity contribution in [2.45, 2.75) is 9.79 Å². The maximum Gasteiger partial charge on any atom is 0.335 e. The molecular weight excluding hydrogens is 426 g/mol. The van der Waals surface area contributed by atoms with Crippen molar-refractivity contribution in [1.29, 1.82) is 0 Å². The van der Waals surface area contributed by atoms with Crippen molar-refractivity contribution < 1.29 is 24.5 Å². The van der Waals surface area contributed by atoms with Crippen LogP contribution in [-0.4, -0.2) is 26.8 Å². The largest absolute Gasteiger partial charge is 0.478 e. The Hall–Kier alpha value is -4.25. The zero-order valence-corrected chi connectivity index (χ0v) is 16.4. The molecule has 0 aliphatic rings. The van der Waals surface area contributed by atoms with Gasteiger partial charge in [-0.15, -0.1) is 0 Å². The lowest BCUT2D eigenvalue weighted by Gasteiger charge is -2.11. The zero-order chi connectivity index (χ0) is 22.5. The summed E-state index contributed by atoms with van der Waals surface area (Å²) in [6.45, 7) is 0. The van der Waals surface area contributed by atoms with Crippen molar-refractivity contribution in [3.63, 3.8) is 0 Å². The molecule has 156 valence electrons. The molecule has 1 amide bonds. The number of carbonyl (C=O) groups is 2. The lowest BCUT2D eigenvalue weighted by molar-refractivity contribution is -0.385. The van der Waals surface area contributed by atoms with E-state index in [1.165, 1.54) is 66.7 Å². The Kier molecular flexibility index (Phi) is 6.26. The number of non-ortho nitro benzene ring substituents is 1. The molecule has 2 N–H and O–H groups in total. The number of nitro benzene ring substituents is 2. The third kappa shape index (κ3) is 5.03. The molecule has 0 spiro atoms. The highest BCUT2D eigenvalue weighted by Crippen LogP contribution is 2.36. The molecule has 0 saturated heterocycles. The van der Waals surface area contributed by atoms with E-state index in [0.717, 1.165) is 11.8 Å². The van der Waals surface area contributed by atoms with Crippen LogP contribution in [0, 0.1) is 20.2 Å². The number of nitrogens with zero attached hydrogens (tertiary/aromatic N) is 2. The number of nitrogens with one attached hydrogen (secondary N) is 1. The third-order valence-corrected chi connectivity index (χ3v) is 5.14. The summed E-state index contributed by atoms with van der Waals surface area (Å²) in [5.74, 6) is -1.98. The number of hydrogen-bond donors (Lipinski definition) is 2. The van der Waals surface area contributed by atoms with Crippen molar-refractivity contribution in [3.8, 4) is 0 Å². The van der Waals surface area contributed by atoms with E-state index in [-0.39, 0.29) is 27.4 Å². The van der Waals surface area contributed by atoms with Crippen molar-refractivity contribution in [2.24, 2.45) is 0 Å². The van der Waals surface area contributed by atoms with Gasteiger partial charge in [-0.25, -0.2) is 4.79 Å². The van der Waals surface area contributed by atoms with E-state index in [0.29, 0.717) is 4.90 Å². The van der Waals surface area contributed by atoms with Crippen molar-refractivity contribution in [1.82, 2.24) is 0 Å². The summed E-state index contributed by atoms with van der Waals surface area (Å²) in [5, 5.41) is 33.9. The molecule has 3 aromatic carbocycles. The zero-order valence-electron chi connectivity index (χ0n) is 15.6. The summed E-state index contributed by atoms with van der Waals surface area (Å²) in [6, 6.07) is 15.1. The van der Waals surface area contributed by atoms with Crippen LogP contribution in [0.4, 0.5) is 17.1 Å². The predicted octanol–water partition coefficient (Wildman–Crippen LogP) is 4.60. The van der Waals surface area contributed by atoms with Crippen molar-refractivity contribution >= 4 is 40.7 Å². The van der Waals surface area contributed by atoms with Crippen LogP contribution < -0.4 is 5.32 Å². The molecule has 11 heteroatoms. The predicted molar refractivity (Wildman–Crippen MR) is 112 cm³/mol. The quantitative estimate of drug-likeness (QED) is 0.400. The van der Waals surface area contributed by atoms with E-state index in [4.69, 9.17) is 5.11 Å². The van der Waals surface area contributed by atoms with Crippen LogP contribution in [0.1, 0.15) is 20.7 Å². The number of carbonyl (C=O) groups excluding carboxylic acids is 1. The Morgan fingerprint density at radius 2 is 1.58 bits per heavy atom. The second-order valence-corrected chi connectivity index (χ2v) is 7.22. The Bertz CT molecular complexity index is 1200. The Balaban J connectivity index is 1.97. The molecule has 0 aliphatic carbocycles. The van der Waals surface area contributed by atoms with Gasteiger partial charge in [0.2, 0.25) is 0 Å². The minimum Gasteiger partial charge on any atom is -0.478 e. The van der Waals surface area contributed by atoms with Gasteiger partial charge < -0.3 is 10.4 Å².